The molecule has 3 rings (SSSR count). The molecule has 1 unspecified atom stereocenters. The van der Waals surface area contributed by atoms with Crippen molar-refractivity contribution in [2.24, 2.45) is 0 Å². The summed E-state index contributed by atoms with van der Waals surface area (Å²) in [6, 6.07) is 7.13. The molecule has 2 heterocycles. The Labute approximate surface area is 123 Å². The quantitative estimate of drug-likeness (QED) is 0.743. The number of nitrogens with zero attached hydrogens (tertiary/aromatic N) is 3. The third-order valence-corrected chi connectivity index (χ3v) is 4.64. The SMILES string of the molecule is CCc1c[pH]c(On2nnc3ccccc3c2=O)c1CC. The van der Waals surface area contributed by atoms with E-state index in [0.29, 0.717) is 19.1 Å². The molecule has 0 saturated carbocycles. The number of rotatable bonds is 4. The molecule has 0 N–H and O–H groups in total. The Morgan fingerprint density at radius 1 is 1.24 bits per heavy atom. The fraction of sp³-hybridized carbons (Fsp3) is 0.267. The highest BCUT2D eigenvalue weighted by Gasteiger charge is 2.12. The summed E-state index contributed by atoms with van der Waals surface area (Å²) in [5.41, 5.74) is 3.60. The van der Waals surface area contributed by atoms with E-state index in [9.17, 15) is 4.79 Å². The van der Waals surface area contributed by atoms with Crippen molar-refractivity contribution in [3.63, 3.8) is 0 Å². The van der Waals surface area contributed by atoms with E-state index in [2.05, 4.69) is 30.0 Å². The zero-order chi connectivity index (χ0) is 14.8. The molecule has 0 fully saturated rings. The van der Waals surface area contributed by atoms with E-state index >= 15 is 0 Å². The van der Waals surface area contributed by atoms with E-state index in [4.69, 9.17) is 4.84 Å². The maximum atomic E-state index is 12.4. The fourth-order valence-electron chi connectivity index (χ4n) is 2.38. The van der Waals surface area contributed by atoms with Gasteiger partial charge in [-0.1, -0.05) is 34.2 Å². The van der Waals surface area contributed by atoms with Gasteiger partial charge in [0.2, 0.25) is 0 Å². The Bertz CT molecular complexity index is 838. The smallest absolute Gasteiger partial charge is 0.314 e. The van der Waals surface area contributed by atoms with E-state index in [1.165, 1.54) is 11.1 Å². The van der Waals surface area contributed by atoms with Gasteiger partial charge in [0.05, 0.1) is 5.39 Å². The van der Waals surface area contributed by atoms with Crippen molar-refractivity contribution in [3.05, 3.63) is 51.5 Å². The molecule has 0 spiro atoms. The summed E-state index contributed by atoms with van der Waals surface area (Å²) in [5.74, 6) is 2.17. The van der Waals surface area contributed by atoms with Crippen LogP contribution in [0.4, 0.5) is 0 Å². The number of hydrogen-bond acceptors (Lipinski definition) is 4. The average Bonchev–Trinajstić information content (AvgIpc) is 2.92. The zero-order valence-electron chi connectivity index (χ0n) is 12.0. The third kappa shape index (κ3) is 2.45. The monoisotopic (exact) mass is 301 g/mol. The number of aromatic nitrogens is 3. The van der Waals surface area contributed by atoms with Crippen LogP contribution in [0.25, 0.3) is 10.9 Å². The van der Waals surface area contributed by atoms with Gasteiger partial charge in [-0.25, -0.2) is 0 Å². The number of hydrogen-bond donors (Lipinski definition) is 0. The molecule has 6 heteroatoms. The van der Waals surface area contributed by atoms with Crippen molar-refractivity contribution in [3.8, 4) is 5.48 Å². The summed E-state index contributed by atoms with van der Waals surface area (Å²) in [4.78, 5) is 19.1. The van der Waals surface area contributed by atoms with Crippen LogP contribution in [0.2, 0.25) is 0 Å². The van der Waals surface area contributed by atoms with Crippen molar-refractivity contribution in [1.82, 2.24) is 15.2 Å². The first-order valence-corrected chi connectivity index (χ1v) is 8.04. The predicted octanol–water partition coefficient (Wildman–Crippen LogP) is 2.79. The molecular weight excluding hydrogens is 285 g/mol. The van der Waals surface area contributed by atoms with Crippen LogP contribution in [0.5, 0.6) is 5.48 Å². The number of benzene rings is 1. The number of aryl methyl sites for hydroxylation is 1. The van der Waals surface area contributed by atoms with E-state index in [1.807, 2.05) is 6.07 Å². The van der Waals surface area contributed by atoms with Gasteiger partial charge in [-0.15, -0.1) is 5.10 Å². The van der Waals surface area contributed by atoms with E-state index in [-0.39, 0.29) is 5.56 Å². The van der Waals surface area contributed by atoms with Crippen LogP contribution in [0.15, 0.2) is 34.9 Å². The van der Waals surface area contributed by atoms with Crippen molar-refractivity contribution in [2.45, 2.75) is 26.7 Å². The van der Waals surface area contributed by atoms with Gasteiger partial charge in [0, 0.05) is 5.56 Å². The second-order valence-corrected chi connectivity index (χ2v) is 5.74. The molecule has 5 nitrogen and oxygen atoms in total. The topological polar surface area (TPSA) is 57.0 Å². The van der Waals surface area contributed by atoms with E-state index in [0.717, 1.165) is 23.2 Å². The van der Waals surface area contributed by atoms with Crippen LogP contribution in [0, 0.1) is 0 Å². The highest BCUT2D eigenvalue weighted by molar-refractivity contribution is 7.32. The molecule has 1 aromatic carbocycles. The molecule has 0 aliphatic carbocycles. The second kappa shape index (κ2) is 5.70. The molecule has 3 aromatic rings. The summed E-state index contributed by atoms with van der Waals surface area (Å²) < 4.78 is 0. The van der Waals surface area contributed by atoms with Gasteiger partial charge < -0.3 is 4.84 Å². The molecule has 0 aliphatic heterocycles. The zero-order valence-corrected chi connectivity index (χ0v) is 13.0. The van der Waals surface area contributed by atoms with E-state index < -0.39 is 0 Å². The number of fused-ring (bicyclic) bond motifs is 1. The van der Waals surface area contributed by atoms with Gasteiger partial charge in [-0.2, -0.15) is 0 Å². The van der Waals surface area contributed by atoms with Gasteiger partial charge in [0.15, 0.2) is 5.48 Å². The summed E-state index contributed by atoms with van der Waals surface area (Å²) in [5, 5.41) is 8.40. The van der Waals surface area contributed by atoms with Crippen LogP contribution in [0.1, 0.15) is 25.0 Å². The molecule has 21 heavy (non-hydrogen) atoms. The maximum Gasteiger partial charge on any atom is 0.314 e. The third-order valence-electron chi connectivity index (χ3n) is 3.49. The normalized spacial score (nSPS) is 11.3. The second-order valence-electron chi connectivity index (χ2n) is 4.70. The van der Waals surface area contributed by atoms with Crippen molar-refractivity contribution < 1.29 is 4.84 Å². The molecule has 0 radical (unpaired) electrons. The summed E-state index contributed by atoms with van der Waals surface area (Å²) in [7, 11) is 0.441. The minimum Gasteiger partial charge on any atom is -0.349 e. The van der Waals surface area contributed by atoms with Crippen molar-refractivity contribution in [2.75, 3.05) is 0 Å². The molecule has 2 aromatic heterocycles. The lowest BCUT2D eigenvalue weighted by molar-refractivity contribution is 0.162. The highest BCUT2D eigenvalue weighted by atomic mass is 31.0. The van der Waals surface area contributed by atoms with E-state index in [1.54, 1.807) is 18.2 Å². The lowest BCUT2D eigenvalue weighted by Crippen LogP contribution is -2.28. The van der Waals surface area contributed by atoms with Crippen LogP contribution in [-0.2, 0) is 12.8 Å². The molecular formula is C15H16N3O2P. The largest absolute Gasteiger partial charge is 0.349 e. The van der Waals surface area contributed by atoms with Crippen LogP contribution in [0.3, 0.4) is 0 Å². The molecule has 108 valence electrons. The van der Waals surface area contributed by atoms with Gasteiger partial charge >= 0.3 is 5.56 Å². The Hall–Kier alpha value is -2.13. The van der Waals surface area contributed by atoms with Gasteiger partial charge in [0.25, 0.3) is 0 Å². The van der Waals surface area contributed by atoms with Gasteiger partial charge in [0.1, 0.15) is 5.52 Å². The first-order valence-electron chi connectivity index (χ1n) is 6.96. The van der Waals surface area contributed by atoms with Crippen LogP contribution in [-0.4, -0.2) is 15.2 Å². The van der Waals surface area contributed by atoms with Crippen LogP contribution >= 0.6 is 8.19 Å². The molecule has 1 atom stereocenters. The Morgan fingerprint density at radius 3 is 2.81 bits per heavy atom. The average molecular weight is 301 g/mol. The Kier molecular flexibility index (Phi) is 3.76. The minimum atomic E-state index is -0.279. The predicted molar refractivity (Wildman–Crippen MR) is 84.5 cm³/mol. The summed E-state index contributed by atoms with van der Waals surface area (Å²) in [6.07, 6.45) is 1.86. The van der Waals surface area contributed by atoms with Crippen molar-refractivity contribution in [1.29, 1.82) is 0 Å². The van der Waals surface area contributed by atoms with Gasteiger partial charge in [-0.05, 0) is 46.4 Å². The van der Waals surface area contributed by atoms with Gasteiger partial charge in [-0.3, -0.25) is 4.79 Å². The first kappa shape index (κ1) is 13.8. The summed E-state index contributed by atoms with van der Waals surface area (Å²) in [6.45, 7) is 4.21. The standard InChI is InChI=1S/C15H16N3O2P/c1-3-10-9-21-15(11(10)4-2)20-18-14(19)12-7-5-6-8-13(12)16-17-18/h5-9,21H,3-4H2,1-2H3. The van der Waals surface area contributed by atoms with Crippen LogP contribution < -0.4 is 10.4 Å². The lowest BCUT2D eigenvalue weighted by atomic mass is 10.1. The minimum absolute atomic E-state index is 0.279. The highest BCUT2D eigenvalue weighted by Crippen LogP contribution is 2.35. The molecule has 0 amide bonds. The molecule has 0 aliphatic rings. The van der Waals surface area contributed by atoms with Crippen molar-refractivity contribution >= 4 is 19.1 Å². The Morgan fingerprint density at radius 2 is 2.05 bits per heavy atom. The maximum absolute atomic E-state index is 12.4. The fourth-order valence-corrected chi connectivity index (χ4v) is 3.71. The summed E-state index contributed by atoms with van der Waals surface area (Å²) >= 11 is 0. The Balaban J connectivity index is 2.04. The molecule has 0 bridgehead atoms. The first-order chi connectivity index (χ1) is 10.2. The molecule has 0 saturated heterocycles. The lowest BCUT2D eigenvalue weighted by Gasteiger charge is -2.07.